The van der Waals surface area contributed by atoms with Gasteiger partial charge in [-0.2, -0.15) is 5.10 Å². The van der Waals surface area contributed by atoms with Crippen LogP contribution in [0.25, 0.3) is 22.6 Å². The molecule has 1 aliphatic heterocycles. The minimum Gasteiger partial charge on any atom is -0.496 e. The predicted molar refractivity (Wildman–Crippen MR) is 100 cm³/mol. The van der Waals surface area contributed by atoms with Crippen LogP contribution in [0.2, 0.25) is 0 Å². The van der Waals surface area contributed by atoms with E-state index in [1.54, 1.807) is 13.3 Å². The number of aromatic amines is 1. The Morgan fingerprint density at radius 3 is 2.70 bits per heavy atom. The average molecular weight is 362 g/mol. The second-order valence-electron chi connectivity index (χ2n) is 6.40. The Hall–Kier alpha value is -3.48. The number of hydrogen-bond acceptors (Lipinski definition) is 5. The number of aromatic nitrogens is 4. The van der Waals surface area contributed by atoms with Crippen LogP contribution in [-0.4, -0.2) is 33.7 Å². The summed E-state index contributed by atoms with van der Waals surface area (Å²) in [5.41, 5.74) is 3.65. The molecule has 7 nitrogen and oxygen atoms in total. The maximum atomic E-state index is 5.53. The molecule has 0 radical (unpaired) electrons. The Kier molecular flexibility index (Phi) is 3.53. The van der Waals surface area contributed by atoms with E-state index in [-0.39, 0.29) is 12.8 Å². The number of ether oxygens (including phenoxy) is 3. The molecule has 0 amide bonds. The molecule has 5 rings (SSSR count). The third-order valence-corrected chi connectivity index (χ3v) is 4.84. The Balaban J connectivity index is 1.60. The molecule has 0 fully saturated rings. The molecule has 136 valence electrons. The van der Waals surface area contributed by atoms with E-state index in [2.05, 4.69) is 29.1 Å². The Bertz CT molecular complexity index is 1120. The Labute approximate surface area is 155 Å². The zero-order valence-electron chi connectivity index (χ0n) is 15.0. The van der Waals surface area contributed by atoms with E-state index in [1.807, 2.05) is 35.0 Å². The second kappa shape index (κ2) is 6.05. The highest BCUT2D eigenvalue weighted by molar-refractivity contribution is 5.79. The smallest absolute Gasteiger partial charge is 0.231 e. The number of hydrogen-bond donors (Lipinski definition) is 1. The predicted octanol–water partition coefficient (Wildman–Crippen LogP) is 3.77. The van der Waals surface area contributed by atoms with Crippen molar-refractivity contribution in [2.75, 3.05) is 13.9 Å². The Morgan fingerprint density at radius 2 is 1.93 bits per heavy atom. The van der Waals surface area contributed by atoms with E-state index in [9.17, 15) is 0 Å². The van der Waals surface area contributed by atoms with Crippen LogP contribution < -0.4 is 14.2 Å². The van der Waals surface area contributed by atoms with Crippen LogP contribution in [0.1, 0.15) is 18.5 Å². The quantitative estimate of drug-likeness (QED) is 0.598. The zero-order chi connectivity index (χ0) is 18.4. The summed E-state index contributed by atoms with van der Waals surface area (Å²) in [5, 5.41) is 4.51. The highest BCUT2D eigenvalue weighted by atomic mass is 16.7. The summed E-state index contributed by atoms with van der Waals surface area (Å²) in [6, 6.07) is 14.0. The summed E-state index contributed by atoms with van der Waals surface area (Å²) in [6.07, 6.45) is 1.80. The number of fused-ring (bicyclic) bond motifs is 2. The SMILES string of the molecule is COc1cc2c(cc1-c1nc3c(cnn3C(C)c3ccccc3)[nH]1)OCO2. The molecule has 1 unspecified atom stereocenters. The topological polar surface area (TPSA) is 74.2 Å². The van der Waals surface area contributed by atoms with Gasteiger partial charge >= 0.3 is 0 Å². The molecule has 0 saturated heterocycles. The minimum atomic E-state index is 0.0681. The number of nitrogens with one attached hydrogen (secondary N) is 1. The molecule has 1 aliphatic rings. The van der Waals surface area contributed by atoms with E-state index >= 15 is 0 Å². The van der Waals surface area contributed by atoms with Crippen LogP contribution in [0.5, 0.6) is 17.2 Å². The fourth-order valence-corrected chi connectivity index (χ4v) is 3.38. The first-order valence-corrected chi connectivity index (χ1v) is 8.71. The molecule has 0 spiro atoms. The average Bonchev–Trinajstić information content (AvgIpc) is 3.41. The fourth-order valence-electron chi connectivity index (χ4n) is 3.38. The van der Waals surface area contributed by atoms with Crippen LogP contribution in [0.4, 0.5) is 0 Å². The molecule has 7 heteroatoms. The molecule has 2 aromatic carbocycles. The first-order valence-electron chi connectivity index (χ1n) is 8.71. The standard InChI is InChI=1S/C20H18N4O3/c1-12(13-6-4-3-5-7-13)24-20-15(10-21-24)22-19(23-20)14-8-17-18(27-11-26-17)9-16(14)25-2/h3-10,12H,11H2,1-2H3,(H,22,23). The zero-order valence-corrected chi connectivity index (χ0v) is 15.0. The summed E-state index contributed by atoms with van der Waals surface area (Å²) in [5.74, 6) is 2.74. The van der Waals surface area contributed by atoms with E-state index < -0.39 is 0 Å². The summed E-state index contributed by atoms with van der Waals surface area (Å²) >= 11 is 0. The van der Waals surface area contributed by atoms with Gasteiger partial charge in [0.05, 0.1) is 24.9 Å². The van der Waals surface area contributed by atoms with E-state index in [1.165, 1.54) is 5.56 Å². The molecule has 3 heterocycles. The van der Waals surface area contributed by atoms with E-state index in [0.29, 0.717) is 23.1 Å². The summed E-state index contributed by atoms with van der Waals surface area (Å²) < 4.78 is 18.4. The van der Waals surface area contributed by atoms with Crippen molar-refractivity contribution in [3.05, 3.63) is 54.2 Å². The molecule has 0 saturated carbocycles. The lowest BCUT2D eigenvalue weighted by molar-refractivity contribution is 0.174. The van der Waals surface area contributed by atoms with Crippen molar-refractivity contribution in [1.82, 2.24) is 19.7 Å². The second-order valence-corrected chi connectivity index (χ2v) is 6.40. The molecule has 1 atom stereocenters. The molecular weight excluding hydrogens is 344 g/mol. The molecule has 4 aromatic rings. The minimum absolute atomic E-state index is 0.0681. The van der Waals surface area contributed by atoms with Gasteiger partial charge < -0.3 is 19.2 Å². The van der Waals surface area contributed by atoms with Crippen LogP contribution >= 0.6 is 0 Å². The molecule has 2 aromatic heterocycles. The van der Waals surface area contributed by atoms with Crippen molar-refractivity contribution in [2.45, 2.75) is 13.0 Å². The van der Waals surface area contributed by atoms with Gasteiger partial charge in [-0.1, -0.05) is 30.3 Å². The first kappa shape index (κ1) is 15.7. The normalized spacial score (nSPS) is 13.9. The van der Waals surface area contributed by atoms with Crippen molar-refractivity contribution < 1.29 is 14.2 Å². The van der Waals surface area contributed by atoms with Crippen LogP contribution in [0, 0.1) is 0 Å². The van der Waals surface area contributed by atoms with Gasteiger partial charge in [-0.05, 0) is 18.6 Å². The first-order chi connectivity index (χ1) is 13.2. The lowest BCUT2D eigenvalue weighted by atomic mass is 10.1. The number of rotatable bonds is 4. The summed E-state index contributed by atoms with van der Waals surface area (Å²) in [4.78, 5) is 8.13. The van der Waals surface area contributed by atoms with Crippen molar-refractivity contribution in [3.63, 3.8) is 0 Å². The number of methoxy groups -OCH3 is 1. The van der Waals surface area contributed by atoms with Crippen molar-refractivity contribution in [1.29, 1.82) is 0 Å². The van der Waals surface area contributed by atoms with E-state index in [0.717, 1.165) is 16.7 Å². The largest absolute Gasteiger partial charge is 0.496 e. The van der Waals surface area contributed by atoms with Gasteiger partial charge in [0.2, 0.25) is 6.79 Å². The van der Waals surface area contributed by atoms with Gasteiger partial charge in [-0.3, -0.25) is 0 Å². The molecular formula is C20H18N4O3. The van der Waals surface area contributed by atoms with Gasteiger partial charge in [0.25, 0.3) is 0 Å². The van der Waals surface area contributed by atoms with Gasteiger partial charge in [0.1, 0.15) is 17.1 Å². The lowest BCUT2D eigenvalue weighted by Gasteiger charge is -2.12. The lowest BCUT2D eigenvalue weighted by Crippen LogP contribution is -2.08. The highest BCUT2D eigenvalue weighted by Crippen LogP contribution is 2.42. The van der Waals surface area contributed by atoms with Crippen LogP contribution in [0.15, 0.2) is 48.7 Å². The number of nitrogens with zero attached hydrogens (tertiary/aromatic N) is 3. The van der Waals surface area contributed by atoms with Gasteiger partial charge in [-0.25, -0.2) is 9.67 Å². The van der Waals surface area contributed by atoms with E-state index in [4.69, 9.17) is 19.2 Å². The van der Waals surface area contributed by atoms with Crippen LogP contribution in [-0.2, 0) is 0 Å². The maximum Gasteiger partial charge on any atom is 0.231 e. The third-order valence-electron chi connectivity index (χ3n) is 4.84. The third kappa shape index (κ3) is 2.51. The highest BCUT2D eigenvalue weighted by Gasteiger charge is 2.22. The van der Waals surface area contributed by atoms with Gasteiger partial charge in [0.15, 0.2) is 17.1 Å². The van der Waals surface area contributed by atoms with Crippen molar-refractivity contribution >= 4 is 11.2 Å². The summed E-state index contributed by atoms with van der Waals surface area (Å²) in [7, 11) is 1.63. The van der Waals surface area contributed by atoms with Crippen molar-refractivity contribution in [3.8, 4) is 28.6 Å². The molecule has 27 heavy (non-hydrogen) atoms. The van der Waals surface area contributed by atoms with Crippen molar-refractivity contribution in [2.24, 2.45) is 0 Å². The number of H-pyrrole nitrogens is 1. The van der Waals surface area contributed by atoms with Crippen LogP contribution in [0.3, 0.4) is 0 Å². The Morgan fingerprint density at radius 1 is 1.15 bits per heavy atom. The summed E-state index contributed by atoms with van der Waals surface area (Å²) in [6.45, 7) is 2.32. The number of imidazole rings is 1. The number of benzene rings is 2. The maximum absolute atomic E-state index is 5.53. The fraction of sp³-hybridized carbons (Fsp3) is 0.200. The molecule has 0 aliphatic carbocycles. The van der Waals surface area contributed by atoms with Gasteiger partial charge in [0, 0.05) is 6.07 Å². The monoisotopic (exact) mass is 362 g/mol. The van der Waals surface area contributed by atoms with Gasteiger partial charge in [-0.15, -0.1) is 0 Å². The molecule has 0 bridgehead atoms. The molecule has 1 N–H and O–H groups in total.